The highest BCUT2D eigenvalue weighted by Crippen LogP contribution is 2.36. The van der Waals surface area contributed by atoms with E-state index in [-0.39, 0.29) is 6.54 Å². The van der Waals surface area contributed by atoms with Crippen LogP contribution >= 0.6 is 0 Å². The molecule has 0 amide bonds. The fourth-order valence-corrected chi connectivity index (χ4v) is 5.02. The second-order valence-corrected chi connectivity index (χ2v) is 10.1. The van der Waals surface area contributed by atoms with Gasteiger partial charge in [0.15, 0.2) is 9.84 Å². The lowest BCUT2D eigenvalue weighted by atomic mass is 9.89. The third-order valence-electron chi connectivity index (χ3n) is 6.06. The first-order chi connectivity index (χ1) is 12.7. The molecule has 3 rings (SSSR count). The number of rotatable bonds is 5. The fourth-order valence-electron chi connectivity index (χ4n) is 4.36. The van der Waals surface area contributed by atoms with Crippen LogP contribution < -0.4 is 4.90 Å². The smallest absolute Gasteiger partial charge is 0.263 e. The largest absolute Gasteiger partial charge is 0.371 e. The van der Waals surface area contributed by atoms with E-state index in [0.29, 0.717) is 23.7 Å². The highest BCUT2D eigenvalue weighted by atomic mass is 32.2. The first kappa shape index (κ1) is 20.5. The molecule has 7 heteroatoms. The lowest BCUT2D eigenvalue weighted by molar-refractivity contribution is -0.114. The van der Waals surface area contributed by atoms with Crippen LogP contribution in [0.1, 0.15) is 32.6 Å². The molecule has 2 saturated heterocycles. The molecule has 0 radical (unpaired) electrons. The zero-order valence-corrected chi connectivity index (χ0v) is 17.0. The van der Waals surface area contributed by atoms with E-state index in [4.69, 9.17) is 0 Å². The van der Waals surface area contributed by atoms with Crippen molar-refractivity contribution in [3.05, 3.63) is 24.3 Å². The maximum atomic E-state index is 14.2. The van der Waals surface area contributed by atoms with Crippen LogP contribution in [-0.4, -0.2) is 58.2 Å². The minimum Gasteiger partial charge on any atom is -0.371 e. The summed E-state index contributed by atoms with van der Waals surface area (Å²) in [7, 11) is -3.22. The van der Waals surface area contributed by atoms with Crippen LogP contribution in [0.25, 0.3) is 0 Å². The summed E-state index contributed by atoms with van der Waals surface area (Å²) in [6.45, 7) is 4.91. The predicted molar refractivity (Wildman–Crippen MR) is 104 cm³/mol. The van der Waals surface area contributed by atoms with E-state index in [9.17, 15) is 17.2 Å². The van der Waals surface area contributed by atoms with Crippen LogP contribution in [0.2, 0.25) is 0 Å². The lowest BCUT2D eigenvalue weighted by Crippen LogP contribution is -2.50. The molecule has 1 aromatic carbocycles. The second-order valence-electron chi connectivity index (χ2n) is 8.09. The van der Waals surface area contributed by atoms with Crippen molar-refractivity contribution in [2.75, 3.05) is 43.9 Å². The molecule has 1 unspecified atom stereocenters. The molecule has 2 heterocycles. The third-order valence-corrected chi connectivity index (χ3v) is 7.17. The topological polar surface area (TPSA) is 40.6 Å². The molecule has 2 aliphatic heterocycles. The van der Waals surface area contributed by atoms with Gasteiger partial charge in [-0.2, -0.15) is 0 Å². The van der Waals surface area contributed by atoms with Gasteiger partial charge in [0.1, 0.15) is 0 Å². The summed E-state index contributed by atoms with van der Waals surface area (Å²) in [6.07, 6.45) is 4.24. The Kier molecular flexibility index (Phi) is 6.11. The van der Waals surface area contributed by atoms with Gasteiger partial charge in [-0.15, -0.1) is 0 Å². The molecule has 0 spiro atoms. The van der Waals surface area contributed by atoms with Gasteiger partial charge >= 0.3 is 0 Å². The number of hydrogen-bond donors (Lipinski definition) is 0. The molecule has 0 saturated carbocycles. The van der Waals surface area contributed by atoms with Crippen LogP contribution in [0.15, 0.2) is 29.2 Å². The van der Waals surface area contributed by atoms with E-state index >= 15 is 0 Å². The summed E-state index contributed by atoms with van der Waals surface area (Å²) in [5.74, 6) is -2.62. The van der Waals surface area contributed by atoms with Gasteiger partial charge in [0, 0.05) is 37.5 Å². The van der Waals surface area contributed by atoms with Crippen molar-refractivity contribution in [1.82, 2.24) is 4.90 Å². The van der Waals surface area contributed by atoms with Crippen LogP contribution in [0.3, 0.4) is 0 Å². The molecule has 0 aromatic heterocycles. The number of hydrogen-bond acceptors (Lipinski definition) is 4. The van der Waals surface area contributed by atoms with Gasteiger partial charge in [-0.25, -0.2) is 17.2 Å². The highest BCUT2D eigenvalue weighted by Gasteiger charge is 2.43. The van der Waals surface area contributed by atoms with Crippen molar-refractivity contribution in [3.63, 3.8) is 0 Å². The Labute approximate surface area is 161 Å². The summed E-state index contributed by atoms with van der Waals surface area (Å²) in [4.78, 5) is 4.48. The quantitative estimate of drug-likeness (QED) is 0.756. The van der Waals surface area contributed by atoms with Crippen LogP contribution in [-0.2, 0) is 9.84 Å². The number of nitrogens with zero attached hydrogens (tertiary/aromatic N) is 2. The average molecular weight is 401 g/mol. The van der Waals surface area contributed by atoms with E-state index in [2.05, 4.69) is 4.90 Å². The van der Waals surface area contributed by atoms with Gasteiger partial charge in [0.2, 0.25) is 0 Å². The van der Waals surface area contributed by atoms with Crippen molar-refractivity contribution in [2.24, 2.45) is 11.8 Å². The molecule has 2 aliphatic rings. The van der Waals surface area contributed by atoms with Crippen molar-refractivity contribution < 1.29 is 17.2 Å². The number of halogens is 2. The number of likely N-dealkylation sites (tertiary alicyclic amines) is 1. The molecular weight excluding hydrogens is 370 g/mol. The monoisotopic (exact) mass is 400 g/mol. The molecular formula is C20H30F2N2O2S. The van der Waals surface area contributed by atoms with Crippen molar-refractivity contribution in [2.45, 2.75) is 43.4 Å². The summed E-state index contributed by atoms with van der Waals surface area (Å²) < 4.78 is 51.9. The fraction of sp³-hybridized carbons (Fsp3) is 0.700. The van der Waals surface area contributed by atoms with Gasteiger partial charge in [0.25, 0.3) is 5.92 Å². The summed E-state index contributed by atoms with van der Waals surface area (Å²) >= 11 is 0. The predicted octanol–water partition coefficient (Wildman–Crippen LogP) is 3.67. The van der Waals surface area contributed by atoms with E-state index in [1.807, 2.05) is 17.9 Å². The molecule has 27 heavy (non-hydrogen) atoms. The van der Waals surface area contributed by atoms with Crippen LogP contribution in [0.4, 0.5) is 14.5 Å². The zero-order chi connectivity index (χ0) is 19.7. The Morgan fingerprint density at radius 2 is 1.85 bits per heavy atom. The first-order valence-electron chi connectivity index (χ1n) is 9.84. The minimum atomic E-state index is -3.22. The average Bonchev–Trinajstić information content (AvgIpc) is 2.61. The van der Waals surface area contributed by atoms with E-state index < -0.39 is 21.7 Å². The van der Waals surface area contributed by atoms with Crippen molar-refractivity contribution in [1.29, 1.82) is 0 Å². The van der Waals surface area contributed by atoms with E-state index in [0.717, 1.165) is 44.7 Å². The maximum Gasteiger partial charge on any atom is 0.263 e. The SMILES string of the molecule is CCC1CCN(CC2CCN(c3cccc(S(C)(=O)=O)c3)CC2)CC1(F)F. The first-order valence-corrected chi connectivity index (χ1v) is 11.7. The Morgan fingerprint density at radius 1 is 1.15 bits per heavy atom. The molecule has 0 bridgehead atoms. The number of alkyl halides is 2. The molecule has 2 fully saturated rings. The van der Waals surface area contributed by atoms with Crippen LogP contribution in [0, 0.1) is 11.8 Å². The van der Waals surface area contributed by atoms with Crippen molar-refractivity contribution >= 4 is 15.5 Å². The highest BCUT2D eigenvalue weighted by molar-refractivity contribution is 7.90. The number of anilines is 1. The van der Waals surface area contributed by atoms with Gasteiger partial charge in [-0.3, -0.25) is 4.90 Å². The molecule has 0 N–H and O–H groups in total. The number of piperidine rings is 2. The molecule has 4 nitrogen and oxygen atoms in total. The van der Waals surface area contributed by atoms with Gasteiger partial charge in [-0.1, -0.05) is 13.0 Å². The minimum absolute atomic E-state index is 0.109. The lowest BCUT2D eigenvalue weighted by Gasteiger charge is -2.41. The van der Waals surface area contributed by atoms with Gasteiger partial charge in [0.05, 0.1) is 11.4 Å². The van der Waals surface area contributed by atoms with Gasteiger partial charge in [-0.05, 0) is 56.3 Å². The zero-order valence-electron chi connectivity index (χ0n) is 16.2. The Morgan fingerprint density at radius 3 is 2.44 bits per heavy atom. The van der Waals surface area contributed by atoms with E-state index in [1.165, 1.54) is 6.26 Å². The number of sulfone groups is 1. The number of benzene rings is 1. The van der Waals surface area contributed by atoms with Crippen molar-refractivity contribution in [3.8, 4) is 0 Å². The molecule has 152 valence electrons. The van der Waals surface area contributed by atoms with Crippen LogP contribution in [0.5, 0.6) is 0 Å². The van der Waals surface area contributed by atoms with Gasteiger partial charge < -0.3 is 4.90 Å². The summed E-state index contributed by atoms with van der Waals surface area (Å²) in [5.41, 5.74) is 0.923. The molecule has 1 atom stereocenters. The Hall–Kier alpha value is -1.21. The third kappa shape index (κ3) is 4.99. The second kappa shape index (κ2) is 8.03. The molecule has 1 aromatic rings. The maximum absolute atomic E-state index is 14.2. The summed E-state index contributed by atoms with van der Waals surface area (Å²) in [6, 6.07) is 7.06. The Bertz CT molecular complexity index is 746. The summed E-state index contributed by atoms with van der Waals surface area (Å²) in [5, 5.41) is 0. The molecule has 0 aliphatic carbocycles. The van der Waals surface area contributed by atoms with E-state index in [1.54, 1.807) is 18.2 Å². The standard InChI is InChI=1S/C20H30F2N2O2S/c1-3-17-9-10-23(15-20(17,21)22)14-16-7-11-24(12-8-16)18-5-4-6-19(13-18)27(2,25)26/h4-6,13,16-17H,3,7-12,14-15H2,1-2H3. The Balaban J connectivity index is 1.54. The normalized spacial score (nSPS) is 24.9.